The van der Waals surface area contributed by atoms with Crippen LogP contribution in [0.5, 0.6) is 0 Å². The molecule has 1 heterocycles. The van der Waals surface area contributed by atoms with Gasteiger partial charge in [0.15, 0.2) is 0 Å². The SMILES string of the molecule is CN1CCCc2cc(CC3(O)CC3)ccc21. The topological polar surface area (TPSA) is 23.5 Å². The molecule has 1 aliphatic carbocycles. The summed E-state index contributed by atoms with van der Waals surface area (Å²) in [5, 5.41) is 9.93. The maximum atomic E-state index is 9.93. The number of rotatable bonds is 2. The van der Waals surface area contributed by atoms with Gasteiger partial charge in [0.1, 0.15) is 0 Å². The number of aliphatic hydroxyl groups is 1. The van der Waals surface area contributed by atoms with Crippen molar-refractivity contribution in [2.24, 2.45) is 0 Å². The molecule has 1 aliphatic heterocycles. The van der Waals surface area contributed by atoms with Crippen LogP contribution in [0.1, 0.15) is 30.4 Å². The third-order valence-corrected chi connectivity index (χ3v) is 3.86. The van der Waals surface area contributed by atoms with E-state index in [2.05, 4.69) is 30.1 Å². The Morgan fingerprint density at radius 2 is 2.19 bits per heavy atom. The van der Waals surface area contributed by atoms with Gasteiger partial charge in [-0.2, -0.15) is 0 Å². The third-order valence-electron chi connectivity index (χ3n) is 3.86. The van der Waals surface area contributed by atoms with Gasteiger partial charge in [-0.1, -0.05) is 12.1 Å². The van der Waals surface area contributed by atoms with Crippen molar-refractivity contribution in [3.8, 4) is 0 Å². The van der Waals surface area contributed by atoms with Crippen molar-refractivity contribution in [3.63, 3.8) is 0 Å². The van der Waals surface area contributed by atoms with Crippen molar-refractivity contribution < 1.29 is 5.11 Å². The molecule has 0 radical (unpaired) electrons. The van der Waals surface area contributed by atoms with Gasteiger partial charge < -0.3 is 10.0 Å². The average Bonchev–Trinajstić information content (AvgIpc) is 2.96. The summed E-state index contributed by atoms with van der Waals surface area (Å²) in [7, 11) is 2.16. The Bertz CT molecular complexity index is 409. The fourth-order valence-corrected chi connectivity index (χ4v) is 2.65. The van der Waals surface area contributed by atoms with E-state index in [0.29, 0.717) is 0 Å². The second-order valence-corrected chi connectivity index (χ2v) is 5.39. The standard InChI is InChI=1S/C14H19NO/c1-15-8-2-3-12-9-11(4-5-13(12)15)10-14(16)6-7-14/h4-5,9,16H,2-3,6-8,10H2,1H3. The summed E-state index contributed by atoms with van der Waals surface area (Å²) in [6, 6.07) is 6.69. The van der Waals surface area contributed by atoms with Crippen LogP contribution >= 0.6 is 0 Å². The molecule has 0 atom stereocenters. The van der Waals surface area contributed by atoms with Crippen LogP contribution in [0, 0.1) is 0 Å². The monoisotopic (exact) mass is 217 g/mol. The fraction of sp³-hybridized carbons (Fsp3) is 0.571. The van der Waals surface area contributed by atoms with Gasteiger partial charge in [0.05, 0.1) is 5.60 Å². The Labute approximate surface area is 96.9 Å². The van der Waals surface area contributed by atoms with Gasteiger partial charge in [-0.25, -0.2) is 0 Å². The molecule has 86 valence electrons. The van der Waals surface area contributed by atoms with Crippen molar-refractivity contribution >= 4 is 5.69 Å². The number of nitrogens with zero attached hydrogens (tertiary/aromatic N) is 1. The van der Waals surface area contributed by atoms with Gasteiger partial charge in [-0.15, -0.1) is 0 Å². The maximum Gasteiger partial charge on any atom is 0.0690 e. The Morgan fingerprint density at radius 3 is 2.94 bits per heavy atom. The first kappa shape index (κ1) is 10.2. The van der Waals surface area contributed by atoms with Crippen LogP contribution < -0.4 is 4.90 Å². The van der Waals surface area contributed by atoms with Crippen molar-refractivity contribution in [3.05, 3.63) is 29.3 Å². The zero-order valence-electron chi connectivity index (χ0n) is 9.87. The lowest BCUT2D eigenvalue weighted by Gasteiger charge is -2.28. The minimum absolute atomic E-state index is 0.366. The predicted molar refractivity (Wildman–Crippen MR) is 65.9 cm³/mol. The molecule has 16 heavy (non-hydrogen) atoms. The molecule has 0 bridgehead atoms. The second-order valence-electron chi connectivity index (χ2n) is 5.39. The number of aryl methyl sites for hydroxylation is 1. The molecule has 1 saturated carbocycles. The molecular weight excluding hydrogens is 198 g/mol. The lowest BCUT2D eigenvalue weighted by molar-refractivity contribution is 0.151. The third kappa shape index (κ3) is 1.82. The number of hydrogen-bond acceptors (Lipinski definition) is 2. The number of benzene rings is 1. The molecule has 0 spiro atoms. The Hall–Kier alpha value is -1.02. The van der Waals surface area contributed by atoms with Crippen LogP contribution in [0.2, 0.25) is 0 Å². The van der Waals surface area contributed by atoms with Gasteiger partial charge in [-0.05, 0) is 42.9 Å². The molecule has 0 aromatic heterocycles. The Kier molecular flexibility index (Phi) is 2.21. The molecule has 2 nitrogen and oxygen atoms in total. The molecule has 1 N–H and O–H groups in total. The van der Waals surface area contributed by atoms with Crippen LogP contribution in [-0.4, -0.2) is 24.3 Å². The summed E-state index contributed by atoms with van der Waals surface area (Å²) in [6.07, 6.45) is 5.22. The van der Waals surface area contributed by atoms with Gasteiger partial charge in [-0.3, -0.25) is 0 Å². The summed E-state index contributed by atoms with van der Waals surface area (Å²) in [5.41, 5.74) is 3.76. The van der Waals surface area contributed by atoms with Crippen LogP contribution in [0.15, 0.2) is 18.2 Å². The lowest BCUT2D eigenvalue weighted by Crippen LogP contribution is -2.24. The van der Waals surface area contributed by atoms with Crippen LogP contribution in [0.25, 0.3) is 0 Å². The highest BCUT2D eigenvalue weighted by atomic mass is 16.3. The smallest absolute Gasteiger partial charge is 0.0690 e. The molecule has 1 aromatic rings. The zero-order chi connectivity index (χ0) is 11.2. The molecule has 1 fully saturated rings. The number of fused-ring (bicyclic) bond motifs is 1. The van der Waals surface area contributed by atoms with Crippen LogP contribution in [0.3, 0.4) is 0 Å². The molecule has 0 amide bonds. The Balaban J connectivity index is 1.86. The molecular formula is C14H19NO. The number of hydrogen-bond donors (Lipinski definition) is 1. The largest absolute Gasteiger partial charge is 0.390 e. The van der Waals surface area contributed by atoms with E-state index in [-0.39, 0.29) is 5.60 Å². The van der Waals surface area contributed by atoms with Crippen molar-refractivity contribution in [2.75, 3.05) is 18.5 Å². The highest BCUT2D eigenvalue weighted by molar-refractivity contribution is 5.56. The minimum Gasteiger partial charge on any atom is -0.390 e. The molecule has 2 aliphatic rings. The fourth-order valence-electron chi connectivity index (χ4n) is 2.65. The summed E-state index contributed by atoms with van der Waals surface area (Å²) >= 11 is 0. The molecule has 0 unspecified atom stereocenters. The lowest BCUT2D eigenvalue weighted by atomic mass is 9.97. The van der Waals surface area contributed by atoms with Crippen LogP contribution in [-0.2, 0) is 12.8 Å². The molecule has 3 rings (SSSR count). The van der Waals surface area contributed by atoms with E-state index in [1.165, 1.54) is 29.7 Å². The minimum atomic E-state index is -0.366. The van der Waals surface area contributed by atoms with E-state index in [4.69, 9.17) is 0 Å². The first-order valence-corrected chi connectivity index (χ1v) is 6.22. The predicted octanol–water partition coefficient (Wildman–Crippen LogP) is 2.14. The van der Waals surface area contributed by atoms with Crippen molar-refractivity contribution in [1.29, 1.82) is 0 Å². The summed E-state index contributed by atoms with van der Waals surface area (Å²) in [4.78, 5) is 2.33. The van der Waals surface area contributed by atoms with Gasteiger partial charge in [0.25, 0.3) is 0 Å². The summed E-state index contributed by atoms with van der Waals surface area (Å²) < 4.78 is 0. The van der Waals surface area contributed by atoms with Crippen LogP contribution in [0.4, 0.5) is 5.69 Å². The highest BCUT2D eigenvalue weighted by Crippen LogP contribution is 2.39. The second kappa shape index (κ2) is 3.49. The van der Waals surface area contributed by atoms with E-state index in [0.717, 1.165) is 25.8 Å². The average molecular weight is 217 g/mol. The van der Waals surface area contributed by atoms with Gasteiger partial charge in [0.2, 0.25) is 0 Å². The van der Waals surface area contributed by atoms with E-state index < -0.39 is 0 Å². The normalized spacial score (nSPS) is 21.8. The molecule has 2 heteroatoms. The summed E-state index contributed by atoms with van der Waals surface area (Å²) in [6.45, 7) is 1.16. The highest BCUT2D eigenvalue weighted by Gasteiger charge is 2.40. The maximum absolute atomic E-state index is 9.93. The van der Waals surface area contributed by atoms with Gasteiger partial charge >= 0.3 is 0 Å². The molecule has 0 saturated heterocycles. The van der Waals surface area contributed by atoms with E-state index >= 15 is 0 Å². The van der Waals surface area contributed by atoms with E-state index in [1.54, 1.807) is 0 Å². The van der Waals surface area contributed by atoms with E-state index in [9.17, 15) is 5.11 Å². The number of anilines is 1. The molecule has 1 aromatic carbocycles. The first-order chi connectivity index (χ1) is 7.66. The van der Waals surface area contributed by atoms with Crippen molar-refractivity contribution in [2.45, 2.75) is 37.7 Å². The first-order valence-electron chi connectivity index (χ1n) is 6.22. The van der Waals surface area contributed by atoms with Crippen molar-refractivity contribution in [1.82, 2.24) is 0 Å². The zero-order valence-corrected chi connectivity index (χ0v) is 9.87. The Morgan fingerprint density at radius 1 is 1.38 bits per heavy atom. The summed E-state index contributed by atoms with van der Waals surface area (Å²) in [5.74, 6) is 0. The van der Waals surface area contributed by atoms with E-state index in [1.807, 2.05) is 0 Å². The van der Waals surface area contributed by atoms with Gasteiger partial charge in [0, 0.05) is 25.7 Å². The quantitative estimate of drug-likeness (QED) is 0.820.